The maximum Gasteiger partial charge on any atom is 0.217 e. The molecule has 4 nitrogen and oxygen atoms in total. The van der Waals surface area contributed by atoms with Gasteiger partial charge in [0.15, 0.2) is 0 Å². The number of fused-ring (bicyclic) bond motifs is 4. The summed E-state index contributed by atoms with van der Waals surface area (Å²) in [6.45, 7) is 4.09. The number of ether oxygens (including phenoxy) is 2. The summed E-state index contributed by atoms with van der Waals surface area (Å²) >= 11 is 0. The molecule has 0 bridgehead atoms. The minimum atomic E-state index is -0.354. The van der Waals surface area contributed by atoms with Crippen LogP contribution in [0.25, 0.3) is 10.8 Å². The van der Waals surface area contributed by atoms with Crippen LogP contribution in [0.1, 0.15) is 49.2 Å². The van der Waals surface area contributed by atoms with Crippen molar-refractivity contribution in [3.63, 3.8) is 0 Å². The van der Waals surface area contributed by atoms with E-state index in [9.17, 15) is 0 Å². The highest BCUT2D eigenvalue weighted by Crippen LogP contribution is 2.49. The Hall–Kier alpha value is -3.79. The van der Waals surface area contributed by atoms with E-state index in [4.69, 9.17) is 14.6 Å². The second-order valence-corrected chi connectivity index (χ2v) is 8.89. The summed E-state index contributed by atoms with van der Waals surface area (Å²) in [5.74, 6) is 1.75. The number of benzene rings is 4. The number of hydrogen-bond donors (Lipinski definition) is 0. The number of hydrogen-bond acceptors (Lipinski definition) is 4. The van der Waals surface area contributed by atoms with Crippen molar-refractivity contribution < 1.29 is 9.47 Å². The SMILES string of the molecule is CC(C)Oc1ccccc1C1Oc2ccccc2C2CC(c3cccc4ccccc34)=NN21. The third kappa shape index (κ3) is 3.43. The number of hydrazone groups is 1. The predicted molar refractivity (Wildman–Crippen MR) is 132 cm³/mol. The molecule has 0 aliphatic carbocycles. The lowest BCUT2D eigenvalue weighted by atomic mass is 9.93. The van der Waals surface area contributed by atoms with Crippen molar-refractivity contribution in [3.05, 3.63) is 108 Å². The maximum atomic E-state index is 6.56. The van der Waals surface area contributed by atoms with Gasteiger partial charge in [0, 0.05) is 17.5 Å². The van der Waals surface area contributed by atoms with E-state index in [1.54, 1.807) is 0 Å². The van der Waals surface area contributed by atoms with Crippen molar-refractivity contribution in [3.8, 4) is 11.5 Å². The minimum Gasteiger partial charge on any atom is -0.491 e. The van der Waals surface area contributed by atoms with Crippen molar-refractivity contribution in [2.75, 3.05) is 0 Å². The van der Waals surface area contributed by atoms with Gasteiger partial charge in [-0.15, -0.1) is 0 Å². The fraction of sp³-hybridized carbons (Fsp3) is 0.207. The van der Waals surface area contributed by atoms with Crippen LogP contribution in [0.2, 0.25) is 0 Å². The highest BCUT2D eigenvalue weighted by atomic mass is 16.5. The fourth-order valence-corrected chi connectivity index (χ4v) is 4.92. The topological polar surface area (TPSA) is 34.1 Å². The Morgan fingerprint density at radius 3 is 2.45 bits per heavy atom. The molecule has 0 amide bonds. The molecule has 0 aromatic heterocycles. The summed E-state index contributed by atoms with van der Waals surface area (Å²) in [7, 11) is 0. The molecule has 0 spiro atoms. The van der Waals surface area contributed by atoms with E-state index in [2.05, 4.69) is 71.7 Å². The lowest BCUT2D eigenvalue weighted by molar-refractivity contribution is -0.0210. The monoisotopic (exact) mass is 434 g/mol. The zero-order valence-electron chi connectivity index (χ0n) is 18.8. The lowest BCUT2D eigenvalue weighted by Crippen LogP contribution is -2.34. The van der Waals surface area contributed by atoms with Crippen LogP contribution in [-0.2, 0) is 0 Å². The average Bonchev–Trinajstić information content (AvgIpc) is 3.29. The van der Waals surface area contributed by atoms with Crippen LogP contribution in [0, 0.1) is 0 Å². The van der Waals surface area contributed by atoms with E-state index >= 15 is 0 Å². The van der Waals surface area contributed by atoms with Gasteiger partial charge >= 0.3 is 0 Å². The molecule has 4 heteroatoms. The van der Waals surface area contributed by atoms with Crippen LogP contribution in [-0.4, -0.2) is 16.8 Å². The van der Waals surface area contributed by atoms with Crippen LogP contribution in [0.3, 0.4) is 0 Å². The predicted octanol–water partition coefficient (Wildman–Crippen LogP) is 6.87. The molecule has 0 radical (unpaired) electrons. The van der Waals surface area contributed by atoms with Gasteiger partial charge in [-0.3, -0.25) is 0 Å². The first-order valence-electron chi connectivity index (χ1n) is 11.5. The normalized spacial score (nSPS) is 19.1. The molecule has 2 unspecified atom stereocenters. The summed E-state index contributed by atoms with van der Waals surface area (Å²) in [6, 6.07) is 31.5. The molecule has 2 atom stereocenters. The molecule has 0 saturated carbocycles. The molecule has 33 heavy (non-hydrogen) atoms. The van der Waals surface area contributed by atoms with Gasteiger partial charge in [0.25, 0.3) is 0 Å². The molecule has 0 N–H and O–H groups in total. The van der Waals surface area contributed by atoms with E-state index in [0.717, 1.165) is 29.2 Å². The Morgan fingerprint density at radius 1 is 0.848 bits per heavy atom. The maximum absolute atomic E-state index is 6.56. The fourth-order valence-electron chi connectivity index (χ4n) is 4.92. The summed E-state index contributed by atoms with van der Waals surface area (Å²) in [5.41, 5.74) is 4.44. The zero-order chi connectivity index (χ0) is 22.4. The molecule has 164 valence electrons. The average molecular weight is 435 g/mol. The minimum absolute atomic E-state index is 0.0751. The van der Waals surface area contributed by atoms with Crippen LogP contribution in [0.15, 0.2) is 96.1 Å². The number of para-hydroxylation sites is 2. The van der Waals surface area contributed by atoms with Crippen molar-refractivity contribution in [1.82, 2.24) is 5.01 Å². The standard InChI is InChI=1S/C29H26N2O2/c1-19(2)32-28-17-8-6-14-24(28)29-31-26(23-13-5-7-16-27(23)33-29)18-25(30-31)22-15-9-11-20-10-3-4-12-21(20)22/h3-17,19,26,29H,18H2,1-2H3. The van der Waals surface area contributed by atoms with Gasteiger partial charge in [-0.25, -0.2) is 5.01 Å². The van der Waals surface area contributed by atoms with E-state index in [0.29, 0.717) is 0 Å². The summed E-state index contributed by atoms with van der Waals surface area (Å²) in [4.78, 5) is 0. The smallest absolute Gasteiger partial charge is 0.217 e. The Morgan fingerprint density at radius 2 is 1.58 bits per heavy atom. The number of nitrogens with zero attached hydrogens (tertiary/aromatic N) is 2. The van der Waals surface area contributed by atoms with Crippen molar-refractivity contribution >= 4 is 16.5 Å². The quantitative estimate of drug-likeness (QED) is 0.351. The van der Waals surface area contributed by atoms with E-state index in [-0.39, 0.29) is 18.4 Å². The largest absolute Gasteiger partial charge is 0.491 e. The Kier molecular flexibility index (Phi) is 4.79. The summed E-state index contributed by atoms with van der Waals surface area (Å²) < 4.78 is 12.7. The second kappa shape index (κ2) is 7.96. The third-order valence-electron chi connectivity index (χ3n) is 6.35. The van der Waals surface area contributed by atoms with Gasteiger partial charge in [-0.2, -0.15) is 5.10 Å². The van der Waals surface area contributed by atoms with E-state index in [1.165, 1.54) is 21.9 Å². The van der Waals surface area contributed by atoms with Gasteiger partial charge in [0.2, 0.25) is 6.23 Å². The van der Waals surface area contributed by atoms with Gasteiger partial charge in [0.1, 0.15) is 11.5 Å². The Labute approximate surface area is 194 Å². The highest BCUT2D eigenvalue weighted by Gasteiger charge is 2.42. The molecule has 4 aromatic rings. The van der Waals surface area contributed by atoms with Gasteiger partial charge in [0.05, 0.1) is 23.4 Å². The first kappa shape index (κ1) is 19.9. The summed E-state index contributed by atoms with van der Waals surface area (Å²) in [6.07, 6.45) is 0.552. The lowest BCUT2D eigenvalue weighted by Gasteiger charge is -2.38. The molecular formula is C29H26N2O2. The Balaban J connectivity index is 1.48. The van der Waals surface area contributed by atoms with Crippen molar-refractivity contribution in [1.29, 1.82) is 0 Å². The zero-order valence-corrected chi connectivity index (χ0v) is 18.8. The molecule has 0 saturated heterocycles. The van der Waals surface area contributed by atoms with E-state index in [1.807, 2.05) is 38.1 Å². The first-order chi connectivity index (χ1) is 16.2. The van der Waals surface area contributed by atoms with Crippen molar-refractivity contribution in [2.45, 2.75) is 38.6 Å². The van der Waals surface area contributed by atoms with Crippen LogP contribution in [0.5, 0.6) is 11.5 Å². The van der Waals surface area contributed by atoms with Crippen LogP contribution >= 0.6 is 0 Å². The molecule has 0 fully saturated rings. The second-order valence-electron chi connectivity index (χ2n) is 8.89. The van der Waals surface area contributed by atoms with Gasteiger partial charge in [-0.1, -0.05) is 72.8 Å². The molecular weight excluding hydrogens is 408 g/mol. The summed E-state index contributed by atoms with van der Waals surface area (Å²) in [5, 5.41) is 9.76. The highest BCUT2D eigenvalue weighted by molar-refractivity contribution is 6.11. The first-order valence-corrected chi connectivity index (χ1v) is 11.5. The third-order valence-corrected chi connectivity index (χ3v) is 6.35. The molecule has 6 rings (SSSR count). The van der Waals surface area contributed by atoms with Gasteiger partial charge in [-0.05, 0) is 42.8 Å². The molecule has 2 aliphatic heterocycles. The van der Waals surface area contributed by atoms with E-state index < -0.39 is 0 Å². The molecule has 2 aliphatic rings. The van der Waals surface area contributed by atoms with Crippen molar-refractivity contribution in [2.24, 2.45) is 5.10 Å². The number of rotatable bonds is 4. The van der Waals surface area contributed by atoms with Gasteiger partial charge < -0.3 is 9.47 Å². The molecule has 2 heterocycles. The van der Waals surface area contributed by atoms with Crippen LogP contribution in [0.4, 0.5) is 0 Å². The Bertz CT molecular complexity index is 1360. The molecule has 4 aromatic carbocycles. The van der Waals surface area contributed by atoms with Crippen LogP contribution < -0.4 is 9.47 Å².